The highest BCUT2D eigenvalue weighted by atomic mass is 19.4. The molecule has 3 aliphatic heterocycles. The van der Waals surface area contributed by atoms with Crippen molar-refractivity contribution in [3.63, 3.8) is 0 Å². The minimum absolute atomic E-state index is 0.0179. The van der Waals surface area contributed by atoms with Crippen LogP contribution in [0.15, 0.2) is 60.7 Å². The van der Waals surface area contributed by atoms with Crippen molar-refractivity contribution in [2.45, 2.75) is 178 Å². The number of carbonyl (C=O) groups excluding carboxylic acids is 5. The number of halogens is 3. The van der Waals surface area contributed by atoms with Crippen LogP contribution < -0.4 is 5.32 Å². The van der Waals surface area contributed by atoms with Gasteiger partial charge in [0.05, 0.1) is 19.2 Å². The number of benzene rings is 2. The Morgan fingerprint density at radius 1 is 0.957 bits per heavy atom. The Hall–Kier alpha value is -4.88. The van der Waals surface area contributed by atoms with E-state index in [9.17, 15) is 37.5 Å². The molecular formula is C51H68F3N3O12. The number of alkyl halides is 3. The van der Waals surface area contributed by atoms with E-state index in [0.717, 1.165) is 50.2 Å². The molecule has 0 unspecified atom stereocenters. The largest absolute Gasteiger partial charge is 0.460 e. The molecule has 15 nitrogen and oxygen atoms in total. The van der Waals surface area contributed by atoms with Crippen LogP contribution in [0.5, 0.6) is 0 Å². The third kappa shape index (κ3) is 13.3. The first kappa shape index (κ1) is 53.5. The van der Waals surface area contributed by atoms with Crippen LogP contribution in [0, 0.1) is 5.41 Å². The number of likely N-dealkylation sites (N-methyl/N-ethyl adjacent to an activating group) is 1. The maximum Gasteiger partial charge on any atom is 0.422 e. The second-order valence-corrected chi connectivity index (χ2v) is 19.6. The maximum absolute atomic E-state index is 15.9. The Bertz CT molecular complexity index is 2120. The first-order valence-corrected chi connectivity index (χ1v) is 24.2. The second-order valence-electron chi connectivity index (χ2n) is 19.6. The van der Waals surface area contributed by atoms with Gasteiger partial charge in [0, 0.05) is 45.2 Å². The van der Waals surface area contributed by atoms with E-state index in [1.807, 2.05) is 30.3 Å². The van der Waals surface area contributed by atoms with Gasteiger partial charge in [-0.3, -0.25) is 24.0 Å². The number of hydrogen-bond donors (Lipinski definition) is 2. The van der Waals surface area contributed by atoms with Crippen LogP contribution in [0.25, 0.3) is 6.08 Å². The summed E-state index contributed by atoms with van der Waals surface area (Å²) in [6.07, 6.45) is 0.406. The lowest BCUT2D eigenvalue weighted by Crippen LogP contribution is -2.70. The van der Waals surface area contributed by atoms with Gasteiger partial charge in [-0.05, 0) is 62.8 Å². The number of nitrogens with one attached hydrogen (secondary N) is 1. The lowest BCUT2D eigenvalue weighted by Gasteiger charge is -2.50. The van der Waals surface area contributed by atoms with E-state index in [4.69, 9.17) is 23.8 Å². The normalized spacial score (nSPS) is 24.8. The third-order valence-electron chi connectivity index (χ3n) is 13.1. The average molecular weight is 972 g/mol. The number of esters is 3. The summed E-state index contributed by atoms with van der Waals surface area (Å²) in [6, 6.07) is 12.4. The minimum Gasteiger partial charge on any atom is -0.460 e. The molecule has 8 atom stereocenters. The van der Waals surface area contributed by atoms with Gasteiger partial charge < -0.3 is 39.0 Å². The van der Waals surface area contributed by atoms with Gasteiger partial charge in [-0.1, -0.05) is 94.1 Å². The summed E-state index contributed by atoms with van der Waals surface area (Å²) in [5.41, 5.74) is -0.686. The fraction of sp³-hybridized carbons (Fsp3) is 0.627. The number of hydrogen-bond acceptors (Lipinski definition) is 13. The van der Waals surface area contributed by atoms with Crippen LogP contribution in [0.3, 0.4) is 0 Å². The summed E-state index contributed by atoms with van der Waals surface area (Å²) >= 11 is 0. The number of carbonyl (C=O) groups is 5. The van der Waals surface area contributed by atoms with Gasteiger partial charge in [0.15, 0.2) is 18.4 Å². The molecule has 2 aromatic rings. The predicted octanol–water partition coefficient (Wildman–Crippen LogP) is 6.91. The Morgan fingerprint density at radius 3 is 2.26 bits per heavy atom. The number of hydroxylamine groups is 2. The molecule has 69 heavy (non-hydrogen) atoms. The van der Waals surface area contributed by atoms with E-state index in [2.05, 4.69) is 23.9 Å². The Morgan fingerprint density at radius 2 is 1.62 bits per heavy atom. The fourth-order valence-corrected chi connectivity index (χ4v) is 9.92. The van der Waals surface area contributed by atoms with Crippen molar-refractivity contribution in [2.24, 2.45) is 5.41 Å². The zero-order valence-corrected chi connectivity index (χ0v) is 40.5. The monoisotopic (exact) mass is 971 g/mol. The second kappa shape index (κ2) is 22.9. The molecule has 4 aliphatic rings. The van der Waals surface area contributed by atoms with E-state index in [1.54, 1.807) is 45.0 Å². The molecular weight excluding hydrogens is 904 g/mol. The van der Waals surface area contributed by atoms with Crippen molar-refractivity contribution in [2.75, 3.05) is 20.3 Å². The van der Waals surface area contributed by atoms with E-state index >= 15 is 4.79 Å². The maximum atomic E-state index is 15.9. The van der Waals surface area contributed by atoms with Crippen LogP contribution in [-0.2, 0) is 65.5 Å². The highest BCUT2D eigenvalue weighted by molar-refractivity contribution is 5.96. The molecule has 6 rings (SSSR count). The zero-order valence-electron chi connectivity index (χ0n) is 40.5. The van der Waals surface area contributed by atoms with E-state index in [1.165, 1.54) is 23.1 Å². The number of unbranched alkanes of at least 4 members (excludes halogenated alkanes) is 4. The molecule has 2 amide bonds. The molecule has 2 aromatic carbocycles. The quantitative estimate of drug-likeness (QED) is 0.0508. The number of nitrogens with zero attached hydrogens (tertiary/aromatic N) is 2. The van der Waals surface area contributed by atoms with Crippen molar-refractivity contribution in [1.82, 2.24) is 15.3 Å². The molecule has 0 spiro atoms. The molecule has 18 heteroatoms. The Balaban J connectivity index is 1.36. The summed E-state index contributed by atoms with van der Waals surface area (Å²) in [4.78, 5) is 78.0. The minimum atomic E-state index is -4.69. The number of ether oxygens (including phenoxy) is 5. The summed E-state index contributed by atoms with van der Waals surface area (Å²) < 4.78 is 67.9. The number of fused-ring (bicyclic) bond motifs is 4. The Kier molecular flexibility index (Phi) is 17.8. The molecule has 1 saturated carbocycles. The highest BCUT2D eigenvalue weighted by Crippen LogP contribution is 2.58. The summed E-state index contributed by atoms with van der Waals surface area (Å²) in [5, 5.41) is 14.7. The van der Waals surface area contributed by atoms with Crippen molar-refractivity contribution in [3.05, 3.63) is 77.4 Å². The number of rotatable bonds is 23. The van der Waals surface area contributed by atoms with Gasteiger partial charge >= 0.3 is 24.1 Å². The zero-order chi connectivity index (χ0) is 50.1. The van der Waals surface area contributed by atoms with Gasteiger partial charge in [-0.15, -0.1) is 0 Å². The topological polar surface area (TPSA) is 179 Å². The van der Waals surface area contributed by atoms with E-state index in [-0.39, 0.29) is 32.2 Å². The highest BCUT2D eigenvalue weighted by Gasteiger charge is 2.76. The van der Waals surface area contributed by atoms with Crippen molar-refractivity contribution >= 4 is 35.8 Å². The van der Waals surface area contributed by atoms with E-state index in [0.29, 0.717) is 24.0 Å². The molecule has 2 bridgehead atoms. The van der Waals surface area contributed by atoms with Crippen LogP contribution >= 0.6 is 0 Å². The van der Waals surface area contributed by atoms with Crippen molar-refractivity contribution in [3.8, 4) is 0 Å². The lowest BCUT2D eigenvalue weighted by atomic mass is 9.62. The first-order valence-electron chi connectivity index (χ1n) is 24.2. The van der Waals surface area contributed by atoms with Crippen LogP contribution in [0.4, 0.5) is 13.2 Å². The molecule has 4 fully saturated rings. The molecule has 0 radical (unpaired) electrons. The van der Waals surface area contributed by atoms with Crippen LogP contribution in [0.1, 0.15) is 122 Å². The van der Waals surface area contributed by atoms with Gasteiger partial charge in [-0.2, -0.15) is 18.2 Å². The average Bonchev–Trinajstić information content (AvgIpc) is 3.85. The third-order valence-corrected chi connectivity index (χ3v) is 13.1. The molecule has 1 aliphatic carbocycles. The smallest absolute Gasteiger partial charge is 0.422 e. The number of aliphatic hydroxyl groups excluding tert-OH is 1. The van der Waals surface area contributed by atoms with Gasteiger partial charge in [0.25, 0.3) is 0 Å². The molecule has 0 aromatic heterocycles. The van der Waals surface area contributed by atoms with Gasteiger partial charge in [0.2, 0.25) is 11.8 Å². The molecule has 3 heterocycles. The summed E-state index contributed by atoms with van der Waals surface area (Å²) in [7, 11) is 1.51. The molecule has 2 N–H and O–H groups in total. The van der Waals surface area contributed by atoms with Crippen molar-refractivity contribution < 1.29 is 70.8 Å². The summed E-state index contributed by atoms with van der Waals surface area (Å²) in [6.45, 7) is 7.12. The molecule has 3 saturated heterocycles. The lowest BCUT2D eigenvalue weighted by molar-refractivity contribution is -0.225. The number of amides is 2. The van der Waals surface area contributed by atoms with Crippen LogP contribution in [0.2, 0.25) is 0 Å². The number of aliphatic hydroxyl groups is 1. The van der Waals surface area contributed by atoms with Crippen molar-refractivity contribution in [1.29, 1.82) is 0 Å². The molecule has 380 valence electrons. The van der Waals surface area contributed by atoms with Gasteiger partial charge in [-0.25, -0.2) is 4.79 Å². The van der Waals surface area contributed by atoms with E-state index < -0.39 is 108 Å². The summed E-state index contributed by atoms with van der Waals surface area (Å²) in [5.74, 6) is -4.62. The fourth-order valence-electron chi connectivity index (χ4n) is 9.92. The standard InChI is InChI=1S/C51H68F3N3O12/c1-7-9-14-25-49(26-15-10-8-2)67-41-38-29-50(47(63)56(6)37(28-33-17-12-11-13-18-33)45(61)55-36(31-58)22-24-40(60)66-48(3,4)5)43(46(62)65-38)57(69-44(50)42(41)68-49)30-35-20-16-19-34(27-35)21-23-39(59)64-32-51(52,53)54/h11-13,16-21,23,27,36-38,41-44,58H,7-10,14-15,22,24-26,28-32H2,1-6H3,(H,55,61)/t36-,37+,38+,41-,42-,43-,44+,50-/m0/s1. The van der Waals surface area contributed by atoms with Crippen LogP contribution in [-0.4, -0.2) is 125 Å². The Labute approximate surface area is 402 Å². The van der Waals surface area contributed by atoms with Gasteiger partial charge in [0.1, 0.15) is 41.5 Å². The predicted molar refractivity (Wildman–Crippen MR) is 245 cm³/mol. The SMILES string of the molecule is CCCCCC1(CCCCC)O[C@@H]2[C@H](O1)[C@H]1ON(Cc3cccc(C=CC(=O)OCC(F)(F)F)c3)[C@H]3C(=O)O[C@@H]2C[C@@]13C(=O)N(C)[C@H](Cc1ccccc1)C(=O)N[C@H](CO)CCC(=O)OC(C)(C)C. The first-order chi connectivity index (χ1) is 32.7.